The van der Waals surface area contributed by atoms with Crippen LogP contribution in [0.25, 0.3) is 21.5 Å². The molecule has 6 heteroatoms. The second-order valence-electron chi connectivity index (χ2n) is 10.1. The number of hydrogen-bond acceptors (Lipinski definition) is 5. The molecule has 0 aromatic heterocycles. The molecule has 0 heterocycles. The first kappa shape index (κ1) is 25.2. The van der Waals surface area contributed by atoms with E-state index in [2.05, 4.69) is 0 Å². The van der Waals surface area contributed by atoms with Crippen molar-refractivity contribution in [3.63, 3.8) is 0 Å². The maximum Gasteiger partial charge on any atom is 0.315 e. The Hall–Kier alpha value is -3.90. The summed E-state index contributed by atoms with van der Waals surface area (Å²) in [5.41, 5.74) is 1.58. The van der Waals surface area contributed by atoms with Gasteiger partial charge < -0.3 is 19.1 Å². The zero-order valence-electron chi connectivity index (χ0n) is 21.2. The molecule has 4 rings (SSSR count). The zero-order valence-corrected chi connectivity index (χ0v) is 21.2. The Kier molecular flexibility index (Phi) is 7.27. The minimum absolute atomic E-state index is 0.0547. The number of benzene rings is 4. The van der Waals surface area contributed by atoms with Gasteiger partial charge in [-0.2, -0.15) is 0 Å². The van der Waals surface area contributed by atoms with Crippen LogP contribution in [0.5, 0.6) is 11.5 Å². The van der Waals surface area contributed by atoms with Crippen LogP contribution in [0, 0.1) is 0 Å². The van der Waals surface area contributed by atoms with Crippen molar-refractivity contribution in [1.82, 2.24) is 0 Å². The average Bonchev–Trinajstić information content (AvgIpc) is 2.80. The van der Waals surface area contributed by atoms with Crippen molar-refractivity contribution < 1.29 is 28.7 Å². The van der Waals surface area contributed by atoms with E-state index in [9.17, 15) is 14.7 Å². The largest absolute Gasteiger partial charge is 0.508 e. The lowest BCUT2D eigenvalue weighted by atomic mass is 9.93. The molecule has 0 bridgehead atoms. The molecule has 0 aliphatic rings. The van der Waals surface area contributed by atoms with Gasteiger partial charge in [0.05, 0.1) is 27.6 Å². The van der Waals surface area contributed by atoms with E-state index >= 15 is 0 Å². The van der Waals surface area contributed by atoms with Crippen molar-refractivity contribution >= 4 is 33.5 Å². The molecule has 4 aromatic carbocycles. The van der Waals surface area contributed by atoms with E-state index < -0.39 is 18.0 Å². The van der Waals surface area contributed by atoms with Crippen molar-refractivity contribution in [2.75, 3.05) is 27.7 Å². The number of nitrogens with zero attached hydrogens (tertiary/aromatic N) is 1. The Morgan fingerprint density at radius 1 is 0.833 bits per heavy atom. The zero-order chi connectivity index (χ0) is 25.9. The third-order valence-corrected chi connectivity index (χ3v) is 6.07. The van der Waals surface area contributed by atoms with Gasteiger partial charge in [0.15, 0.2) is 6.10 Å². The lowest BCUT2D eigenvalue weighted by Gasteiger charge is -2.28. The van der Waals surface area contributed by atoms with Gasteiger partial charge in [-0.25, -0.2) is 0 Å². The minimum Gasteiger partial charge on any atom is -0.508 e. The smallest absolute Gasteiger partial charge is 0.315 e. The minimum atomic E-state index is -0.596. The molecule has 36 heavy (non-hydrogen) atoms. The Morgan fingerprint density at radius 2 is 1.42 bits per heavy atom. The fourth-order valence-electron chi connectivity index (χ4n) is 4.62. The van der Waals surface area contributed by atoms with Gasteiger partial charge in [0.2, 0.25) is 0 Å². The second kappa shape index (κ2) is 10.4. The van der Waals surface area contributed by atoms with Crippen LogP contribution in [0.3, 0.4) is 0 Å². The highest BCUT2D eigenvalue weighted by Gasteiger charge is 2.26. The highest BCUT2D eigenvalue weighted by atomic mass is 16.6. The second-order valence-corrected chi connectivity index (χ2v) is 10.1. The number of fused-ring (bicyclic) bond motifs is 2. The van der Waals surface area contributed by atoms with Crippen molar-refractivity contribution in [3.05, 3.63) is 83.9 Å². The predicted octanol–water partition coefficient (Wildman–Crippen LogP) is 5.22. The van der Waals surface area contributed by atoms with E-state index in [0.717, 1.165) is 32.7 Å². The molecule has 0 spiro atoms. The van der Waals surface area contributed by atoms with E-state index in [1.807, 2.05) is 81.8 Å². The highest BCUT2D eigenvalue weighted by Crippen LogP contribution is 2.35. The number of rotatable bonds is 8. The maximum atomic E-state index is 13.0. The average molecular weight is 487 g/mol. The number of carbonyl (C=O) groups is 2. The molecule has 6 nitrogen and oxygen atoms in total. The number of esters is 2. The molecule has 1 atom stereocenters. The number of carbonyl (C=O) groups excluding carboxylic acids is 2. The maximum absolute atomic E-state index is 13.0. The van der Waals surface area contributed by atoms with Crippen LogP contribution in [0.4, 0.5) is 0 Å². The first-order chi connectivity index (χ1) is 17.1. The van der Waals surface area contributed by atoms with Gasteiger partial charge in [-0.3, -0.25) is 9.59 Å². The fraction of sp³-hybridized carbons (Fsp3) is 0.267. The van der Waals surface area contributed by atoms with Crippen LogP contribution in [0.2, 0.25) is 0 Å². The molecule has 186 valence electrons. The summed E-state index contributed by atoms with van der Waals surface area (Å²) < 4.78 is 11.8. The fourth-order valence-corrected chi connectivity index (χ4v) is 4.62. The Labute approximate surface area is 211 Å². The van der Waals surface area contributed by atoms with E-state index in [0.29, 0.717) is 23.2 Å². The van der Waals surface area contributed by atoms with Crippen LogP contribution in [-0.4, -0.2) is 55.3 Å². The quantitative estimate of drug-likeness (QED) is 0.210. The number of aromatic hydroxyl groups is 1. The Balaban J connectivity index is 1.70. The summed E-state index contributed by atoms with van der Waals surface area (Å²) in [6.45, 7) is 1.81. The first-order valence-electron chi connectivity index (χ1n) is 12.0. The third kappa shape index (κ3) is 6.01. The molecule has 0 fully saturated rings. The molecule has 0 aliphatic carbocycles. The number of quaternary nitrogens is 1. The van der Waals surface area contributed by atoms with Crippen LogP contribution < -0.4 is 4.74 Å². The van der Waals surface area contributed by atoms with E-state index in [4.69, 9.17) is 9.47 Å². The SMILES string of the molecule is CC(=O)O[C@H](CC(=O)Oc1ccc2ccccc2c1Cc1c(O)ccc2ccccc12)C[N+](C)(C)C. The van der Waals surface area contributed by atoms with Crippen LogP contribution >= 0.6 is 0 Å². The number of ether oxygens (including phenoxy) is 2. The van der Waals surface area contributed by atoms with Gasteiger partial charge in [-0.15, -0.1) is 0 Å². The normalized spacial score (nSPS) is 12.4. The molecule has 0 amide bonds. The lowest BCUT2D eigenvalue weighted by molar-refractivity contribution is -0.873. The molecule has 0 saturated heterocycles. The standard InChI is InChI=1S/C30H31NO5/c1-20(32)35-23(19-31(2,3)4)17-30(34)36-29-16-14-22-10-6-8-12-25(22)27(29)18-26-24-11-7-5-9-21(24)13-15-28(26)33/h5-16,23H,17-19H2,1-4H3/p+1/t23-/m1/s1. The van der Waals surface area contributed by atoms with Crippen molar-refractivity contribution in [1.29, 1.82) is 0 Å². The Morgan fingerprint density at radius 3 is 2.03 bits per heavy atom. The van der Waals surface area contributed by atoms with Gasteiger partial charge in [-0.05, 0) is 33.7 Å². The summed E-state index contributed by atoms with van der Waals surface area (Å²) in [4.78, 5) is 24.7. The summed E-state index contributed by atoms with van der Waals surface area (Å²) in [6.07, 6.45) is -0.273. The van der Waals surface area contributed by atoms with Crippen LogP contribution in [0.1, 0.15) is 24.5 Å². The summed E-state index contributed by atoms with van der Waals surface area (Å²) in [5.74, 6) is -0.290. The number of likely N-dealkylation sites (N-methyl/N-ethyl adjacent to an activating group) is 1. The molecule has 4 aromatic rings. The van der Waals surface area contributed by atoms with Gasteiger partial charge in [0, 0.05) is 24.5 Å². The van der Waals surface area contributed by atoms with Crippen molar-refractivity contribution in [2.24, 2.45) is 0 Å². The first-order valence-corrected chi connectivity index (χ1v) is 12.0. The van der Waals surface area contributed by atoms with Crippen molar-refractivity contribution in [3.8, 4) is 11.5 Å². The van der Waals surface area contributed by atoms with Gasteiger partial charge >= 0.3 is 11.9 Å². The molecule has 0 aliphatic heterocycles. The van der Waals surface area contributed by atoms with Gasteiger partial charge in [-0.1, -0.05) is 60.7 Å². The molecule has 0 radical (unpaired) electrons. The van der Waals surface area contributed by atoms with E-state index in [-0.39, 0.29) is 12.2 Å². The monoisotopic (exact) mass is 486 g/mol. The summed E-state index contributed by atoms with van der Waals surface area (Å²) in [6, 6.07) is 23.1. The van der Waals surface area contributed by atoms with Crippen LogP contribution in [0.15, 0.2) is 72.8 Å². The molecule has 0 unspecified atom stereocenters. The molecule has 0 saturated carbocycles. The van der Waals surface area contributed by atoms with E-state index in [1.54, 1.807) is 12.1 Å². The predicted molar refractivity (Wildman–Crippen MR) is 141 cm³/mol. The summed E-state index contributed by atoms with van der Waals surface area (Å²) >= 11 is 0. The summed E-state index contributed by atoms with van der Waals surface area (Å²) in [5, 5.41) is 14.7. The lowest BCUT2D eigenvalue weighted by Crippen LogP contribution is -2.44. The van der Waals surface area contributed by atoms with Crippen molar-refractivity contribution in [2.45, 2.75) is 25.9 Å². The van der Waals surface area contributed by atoms with Gasteiger partial charge in [0.25, 0.3) is 0 Å². The van der Waals surface area contributed by atoms with Gasteiger partial charge in [0.1, 0.15) is 18.0 Å². The summed E-state index contributed by atoms with van der Waals surface area (Å²) in [7, 11) is 5.92. The van der Waals surface area contributed by atoms with Crippen LogP contribution in [-0.2, 0) is 20.7 Å². The molecule has 1 N–H and O–H groups in total. The number of phenolic OH excluding ortho intramolecular Hbond substituents is 1. The molecular weight excluding hydrogens is 454 g/mol. The van der Waals surface area contributed by atoms with E-state index in [1.165, 1.54) is 6.92 Å². The Bertz CT molecular complexity index is 1420. The number of phenols is 1. The third-order valence-electron chi connectivity index (χ3n) is 6.07. The highest BCUT2D eigenvalue weighted by molar-refractivity contribution is 5.92. The number of hydrogen-bond donors (Lipinski definition) is 1. The topological polar surface area (TPSA) is 72.8 Å². The molecular formula is C30H32NO5+.